The van der Waals surface area contributed by atoms with Gasteiger partial charge in [-0.2, -0.15) is 0 Å². The maximum Gasteiger partial charge on any atom is 0.410 e. The third-order valence-corrected chi connectivity index (χ3v) is 3.63. The zero-order valence-corrected chi connectivity index (χ0v) is 13.7. The number of Topliss-reactive ketones (excluding diaryl/α,β-unsaturated/α-hetero) is 1. The Labute approximate surface area is 131 Å². The first-order chi connectivity index (χ1) is 10.3. The van der Waals surface area contributed by atoms with Gasteiger partial charge in [-0.15, -0.1) is 0 Å². The number of furan rings is 1. The number of carbonyl (C=O) groups excluding carboxylic acids is 2. The first-order valence-electron chi connectivity index (χ1n) is 7.51. The zero-order chi connectivity index (χ0) is 16.3. The lowest BCUT2D eigenvalue weighted by atomic mass is 10.2. The van der Waals surface area contributed by atoms with Crippen LogP contribution in [0.25, 0.3) is 0 Å². The van der Waals surface area contributed by atoms with Gasteiger partial charge in [-0.3, -0.25) is 9.69 Å². The lowest BCUT2D eigenvalue weighted by molar-refractivity contribution is 0.0283. The van der Waals surface area contributed by atoms with Crippen molar-refractivity contribution in [1.29, 1.82) is 0 Å². The molecule has 1 atom stereocenters. The van der Waals surface area contributed by atoms with Crippen molar-refractivity contribution in [1.82, 2.24) is 9.80 Å². The van der Waals surface area contributed by atoms with Crippen molar-refractivity contribution >= 4 is 11.9 Å². The molecule has 0 N–H and O–H groups in total. The highest BCUT2D eigenvalue weighted by molar-refractivity contribution is 5.95. The number of likely N-dealkylation sites (N-methyl/N-ethyl adjacent to an activating group) is 1. The number of hydrogen-bond acceptors (Lipinski definition) is 5. The zero-order valence-electron chi connectivity index (χ0n) is 13.7. The van der Waals surface area contributed by atoms with Gasteiger partial charge in [-0.1, -0.05) is 0 Å². The predicted octanol–water partition coefficient (Wildman–Crippen LogP) is 2.40. The number of ketones is 1. The Morgan fingerprint density at radius 2 is 2.18 bits per heavy atom. The largest absolute Gasteiger partial charge is 0.461 e. The van der Waals surface area contributed by atoms with Gasteiger partial charge in [0, 0.05) is 19.1 Å². The molecular weight excluding hydrogens is 284 g/mol. The van der Waals surface area contributed by atoms with E-state index in [-0.39, 0.29) is 24.5 Å². The van der Waals surface area contributed by atoms with Crippen LogP contribution in [-0.4, -0.2) is 60.0 Å². The maximum atomic E-state index is 12.0. The molecule has 1 saturated heterocycles. The predicted molar refractivity (Wildman–Crippen MR) is 81.9 cm³/mol. The summed E-state index contributed by atoms with van der Waals surface area (Å²) in [5, 5.41) is 0. The fraction of sp³-hybridized carbons (Fsp3) is 0.625. The molecule has 1 aromatic rings. The lowest BCUT2D eigenvalue weighted by Crippen LogP contribution is -2.40. The SMILES string of the molecule is CN(CC(=O)c1ccco1)[C@@H]1CCN(C(=O)OC(C)(C)C)C1. The molecule has 2 rings (SSSR count). The van der Waals surface area contributed by atoms with E-state index in [2.05, 4.69) is 0 Å². The van der Waals surface area contributed by atoms with E-state index in [1.54, 1.807) is 17.0 Å². The Morgan fingerprint density at radius 1 is 1.45 bits per heavy atom. The summed E-state index contributed by atoms with van der Waals surface area (Å²) in [6.07, 6.45) is 2.04. The molecule has 22 heavy (non-hydrogen) atoms. The van der Waals surface area contributed by atoms with Gasteiger partial charge in [0.25, 0.3) is 0 Å². The highest BCUT2D eigenvalue weighted by Gasteiger charge is 2.32. The monoisotopic (exact) mass is 308 g/mol. The number of nitrogens with zero attached hydrogens (tertiary/aromatic N) is 2. The molecule has 122 valence electrons. The summed E-state index contributed by atoms with van der Waals surface area (Å²) in [5.74, 6) is 0.317. The number of hydrogen-bond donors (Lipinski definition) is 0. The van der Waals surface area contributed by atoms with Crippen molar-refractivity contribution in [2.24, 2.45) is 0 Å². The Kier molecular flexibility index (Phi) is 4.90. The first kappa shape index (κ1) is 16.5. The van der Waals surface area contributed by atoms with Crippen LogP contribution >= 0.6 is 0 Å². The third kappa shape index (κ3) is 4.34. The molecular formula is C16H24N2O4. The van der Waals surface area contributed by atoms with Crippen molar-refractivity contribution in [3.05, 3.63) is 24.2 Å². The van der Waals surface area contributed by atoms with E-state index < -0.39 is 5.60 Å². The molecule has 6 nitrogen and oxygen atoms in total. The molecule has 0 saturated carbocycles. The number of carbonyl (C=O) groups is 2. The minimum atomic E-state index is -0.490. The Hall–Kier alpha value is -1.82. The van der Waals surface area contributed by atoms with Crippen LogP contribution in [0.2, 0.25) is 0 Å². The van der Waals surface area contributed by atoms with Gasteiger partial charge in [0.05, 0.1) is 12.8 Å². The van der Waals surface area contributed by atoms with Crippen molar-refractivity contribution in [3.8, 4) is 0 Å². The molecule has 0 aromatic carbocycles. The summed E-state index contributed by atoms with van der Waals surface area (Å²) >= 11 is 0. The molecule has 0 spiro atoms. The molecule has 0 unspecified atom stereocenters. The molecule has 1 fully saturated rings. The highest BCUT2D eigenvalue weighted by Crippen LogP contribution is 2.18. The van der Waals surface area contributed by atoms with Crippen LogP contribution in [0.1, 0.15) is 37.7 Å². The van der Waals surface area contributed by atoms with E-state index in [4.69, 9.17) is 9.15 Å². The Balaban J connectivity index is 1.84. The Bertz CT molecular complexity index is 519. The average molecular weight is 308 g/mol. The third-order valence-electron chi connectivity index (χ3n) is 3.63. The van der Waals surface area contributed by atoms with Gasteiger partial charge in [0.15, 0.2) is 5.76 Å². The van der Waals surface area contributed by atoms with Gasteiger partial charge in [-0.05, 0) is 46.4 Å². The highest BCUT2D eigenvalue weighted by atomic mass is 16.6. The topological polar surface area (TPSA) is 63.0 Å². The van der Waals surface area contributed by atoms with Crippen LogP contribution in [0.5, 0.6) is 0 Å². The van der Waals surface area contributed by atoms with Gasteiger partial charge in [-0.25, -0.2) is 4.79 Å². The number of ether oxygens (including phenoxy) is 1. The van der Waals surface area contributed by atoms with Crippen molar-refractivity contribution < 1.29 is 18.7 Å². The van der Waals surface area contributed by atoms with Crippen LogP contribution in [0, 0.1) is 0 Å². The minimum Gasteiger partial charge on any atom is -0.461 e. The molecule has 0 radical (unpaired) electrons. The van der Waals surface area contributed by atoms with E-state index >= 15 is 0 Å². The van der Waals surface area contributed by atoms with Crippen LogP contribution in [0.3, 0.4) is 0 Å². The molecule has 1 aliphatic rings. The summed E-state index contributed by atoms with van der Waals surface area (Å²) in [4.78, 5) is 27.7. The fourth-order valence-corrected chi connectivity index (χ4v) is 2.46. The van der Waals surface area contributed by atoms with E-state index in [0.29, 0.717) is 18.8 Å². The van der Waals surface area contributed by atoms with Crippen molar-refractivity contribution in [2.45, 2.75) is 38.8 Å². The van der Waals surface area contributed by atoms with Crippen LogP contribution in [0.15, 0.2) is 22.8 Å². The number of amides is 1. The first-order valence-corrected chi connectivity index (χ1v) is 7.51. The molecule has 1 aliphatic heterocycles. The molecule has 0 aliphatic carbocycles. The van der Waals surface area contributed by atoms with E-state index in [0.717, 1.165) is 6.42 Å². The van der Waals surface area contributed by atoms with E-state index in [1.807, 2.05) is 32.7 Å². The fourth-order valence-electron chi connectivity index (χ4n) is 2.46. The summed E-state index contributed by atoms with van der Waals surface area (Å²) in [6, 6.07) is 3.52. The Morgan fingerprint density at radius 3 is 2.77 bits per heavy atom. The molecule has 0 bridgehead atoms. The summed E-state index contributed by atoms with van der Waals surface area (Å²) in [7, 11) is 1.89. The summed E-state index contributed by atoms with van der Waals surface area (Å²) in [5.41, 5.74) is -0.490. The second-order valence-electron chi connectivity index (χ2n) is 6.68. The molecule has 1 aromatic heterocycles. The van der Waals surface area contributed by atoms with E-state index in [1.165, 1.54) is 6.26 Å². The minimum absolute atomic E-state index is 0.0526. The van der Waals surface area contributed by atoms with Crippen LogP contribution < -0.4 is 0 Å². The van der Waals surface area contributed by atoms with E-state index in [9.17, 15) is 9.59 Å². The summed E-state index contributed by atoms with van der Waals surface area (Å²) in [6.45, 7) is 7.07. The molecule has 6 heteroatoms. The standard InChI is InChI=1S/C16H24N2O4/c1-16(2,3)22-15(20)18-8-7-12(10-18)17(4)11-13(19)14-6-5-9-21-14/h5-6,9,12H,7-8,10-11H2,1-4H3/t12-/m1/s1. The number of rotatable bonds is 4. The molecule has 1 amide bonds. The van der Waals surface area contributed by atoms with Crippen LogP contribution in [0.4, 0.5) is 4.79 Å². The van der Waals surface area contributed by atoms with Gasteiger partial charge in [0.1, 0.15) is 5.60 Å². The second-order valence-corrected chi connectivity index (χ2v) is 6.68. The normalized spacial score (nSPS) is 18.8. The van der Waals surface area contributed by atoms with Gasteiger partial charge >= 0.3 is 6.09 Å². The maximum absolute atomic E-state index is 12.0. The van der Waals surface area contributed by atoms with Gasteiger partial charge < -0.3 is 14.1 Å². The van der Waals surface area contributed by atoms with Crippen molar-refractivity contribution in [2.75, 3.05) is 26.7 Å². The smallest absolute Gasteiger partial charge is 0.410 e. The number of likely N-dealkylation sites (tertiary alicyclic amines) is 1. The summed E-state index contributed by atoms with van der Waals surface area (Å²) < 4.78 is 10.5. The van der Waals surface area contributed by atoms with Gasteiger partial charge in [0.2, 0.25) is 5.78 Å². The second kappa shape index (κ2) is 6.52. The quantitative estimate of drug-likeness (QED) is 0.799. The molecule has 2 heterocycles. The van der Waals surface area contributed by atoms with Crippen LogP contribution in [-0.2, 0) is 4.74 Å². The lowest BCUT2D eigenvalue weighted by Gasteiger charge is -2.26. The average Bonchev–Trinajstić information content (AvgIpc) is 3.08. The van der Waals surface area contributed by atoms with Crippen molar-refractivity contribution in [3.63, 3.8) is 0 Å².